The zero-order valence-corrected chi connectivity index (χ0v) is 15.1. The van der Waals surface area contributed by atoms with Gasteiger partial charge >= 0.3 is 6.03 Å². The fraction of sp³-hybridized carbons (Fsp3) is 0.250. The molecule has 1 aliphatic carbocycles. The van der Waals surface area contributed by atoms with E-state index in [9.17, 15) is 18.8 Å². The van der Waals surface area contributed by atoms with Crippen LogP contribution in [-0.4, -0.2) is 30.9 Å². The van der Waals surface area contributed by atoms with E-state index in [1.807, 2.05) is 0 Å². The van der Waals surface area contributed by atoms with Crippen molar-refractivity contribution in [1.82, 2.24) is 10.6 Å². The molecule has 2 aromatic carbocycles. The van der Waals surface area contributed by atoms with Crippen molar-refractivity contribution in [2.45, 2.75) is 12.8 Å². The molecule has 1 saturated carbocycles. The molecule has 8 heteroatoms. The molecule has 0 heterocycles. The first-order valence-electron chi connectivity index (χ1n) is 9.01. The molecule has 4 N–H and O–H groups in total. The molecule has 1 fully saturated rings. The Labute approximate surface area is 161 Å². The van der Waals surface area contributed by atoms with E-state index in [-0.39, 0.29) is 36.6 Å². The largest absolute Gasteiger partial charge is 0.350 e. The van der Waals surface area contributed by atoms with Crippen LogP contribution in [0.5, 0.6) is 0 Å². The number of benzene rings is 2. The van der Waals surface area contributed by atoms with Crippen LogP contribution in [0.2, 0.25) is 0 Å². The molecule has 0 unspecified atom stereocenters. The zero-order chi connectivity index (χ0) is 19.9. The molecule has 0 aliphatic heterocycles. The second-order valence-corrected chi connectivity index (χ2v) is 6.48. The first-order valence-corrected chi connectivity index (χ1v) is 9.01. The van der Waals surface area contributed by atoms with Crippen molar-refractivity contribution in [3.8, 4) is 0 Å². The van der Waals surface area contributed by atoms with E-state index in [1.54, 1.807) is 24.3 Å². The van der Waals surface area contributed by atoms with Crippen molar-refractivity contribution >= 4 is 29.2 Å². The molecule has 3 rings (SSSR count). The summed E-state index contributed by atoms with van der Waals surface area (Å²) in [5.41, 5.74) is 1.59. The van der Waals surface area contributed by atoms with E-state index in [1.165, 1.54) is 24.3 Å². The third-order valence-corrected chi connectivity index (χ3v) is 4.16. The number of hydrogen-bond donors (Lipinski definition) is 4. The number of carbonyl (C=O) groups is 3. The third kappa shape index (κ3) is 5.80. The zero-order valence-electron chi connectivity index (χ0n) is 15.1. The highest BCUT2D eigenvalue weighted by Gasteiger charge is 2.29. The van der Waals surface area contributed by atoms with Crippen LogP contribution in [0.15, 0.2) is 48.5 Å². The minimum atomic E-state index is -0.448. The second kappa shape index (κ2) is 8.98. The number of hydrogen-bond acceptors (Lipinski definition) is 3. The Morgan fingerprint density at radius 3 is 2.04 bits per heavy atom. The predicted octanol–water partition coefficient (Wildman–Crippen LogP) is 2.73. The number of halogens is 1. The summed E-state index contributed by atoms with van der Waals surface area (Å²) in [5.74, 6) is -0.522. The lowest BCUT2D eigenvalue weighted by Crippen LogP contribution is -2.36. The van der Waals surface area contributed by atoms with Crippen molar-refractivity contribution in [3.05, 3.63) is 59.9 Å². The summed E-state index contributed by atoms with van der Waals surface area (Å²) >= 11 is 0. The van der Waals surface area contributed by atoms with Gasteiger partial charge in [-0.2, -0.15) is 0 Å². The highest BCUT2D eigenvalue weighted by molar-refractivity contribution is 5.96. The molecule has 4 amide bonds. The lowest BCUT2D eigenvalue weighted by molar-refractivity contribution is -0.117. The summed E-state index contributed by atoms with van der Waals surface area (Å²) < 4.78 is 12.8. The van der Waals surface area contributed by atoms with Gasteiger partial charge in [-0.25, -0.2) is 9.18 Å². The predicted molar refractivity (Wildman–Crippen MR) is 104 cm³/mol. The Balaban J connectivity index is 1.36. The van der Waals surface area contributed by atoms with E-state index in [0.717, 1.165) is 12.8 Å². The van der Waals surface area contributed by atoms with Gasteiger partial charge in [0, 0.05) is 35.9 Å². The van der Waals surface area contributed by atoms with Gasteiger partial charge in [-0.1, -0.05) is 0 Å². The quantitative estimate of drug-likeness (QED) is 0.552. The lowest BCUT2D eigenvalue weighted by Gasteiger charge is -2.09. The molecule has 0 atom stereocenters. The molecule has 0 spiro atoms. The average molecular weight is 384 g/mol. The summed E-state index contributed by atoms with van der Waals surface area (Å²) in [7, 11) is 0. The SMILES string of the molecule is O=C(NCCNC(=O)c1ccc(NC(=O)C2CC2)cc1)Nc1ccc(F)cc1. The van der Waals surface area contributed by atoms with E-state index in [2.05, 4.69) is 21.3 Å². The van der Waals surface area contributed by atoms with Crippen LogP contribution in [0.1, 0.15) is 23.2 Å². The monoisotopic (exact) mass is 384 g/mol. The van der Waals surface area contributed by atoms with Gasteiger partial charge < -0.3 is 21.3 Å². The smallest absolute Gasteiger partial charge is 0.319 e. The van der Waals surface area contributed by atoms with E-state index in [4.69, 9.17) is 0 Å². The average Bonchev–Trinajstić information content (AvgIpc) is 3.53. The molecule has 0 saturated heterocycles. The van der Waals surface area contributed by atoms with Gasteiger partial charge in [0.1, 0.15) is 5.82 Å². The second-order valence-electron chi connectivity index (χ2n) is 6.48. The van der Waals surface area contributed by atoms with Crippen molar-refractivity contribution in [3.63, 3.8) is 0 Å². The molecule has 28 heavy (non-hydrogen) atoms. The third-order valence-electron chi connectivity index (χ3n) is 4.16. The minimum Gasteiger partial charge on any atom is -0.350 e. The molecule has 0 radical (unpaired) electrons. The van der Waals surface area contributed by atoms with Crippen LogP contribution >= 0.6 is 0 Å². The van der Waals surface area contributed by atoms with Crippen molar-refractivity contribution in [1.29, 1.82) is 0 Å². The summed E-state index contributed by atoms with van der Waals surface area (Å²) in [4.78, 5) is 35.5. The topological polar surface area (TPSA) is 99.3 Å². The molecule has 7 nitrogen and oxygen atoms in total. The van der Waals surface area contributed by atoms with Crippen LogP contribution in [-0.2, 0) is 4.79 Å². The van der Waals surface area contributed by atoms with Crippen LogP contribution in [0.3, 0.4) is 0 Å². The maximum absolute atomic E-state index is 12.8. The Hall–Kier alpha value is -3.42. The number of rotatable bonds is 7. The van der Waals surface area contributed by atoms with Gasteiger partial charge in [0.05, 0.1) is 0 Å². The first-order chi connectivity index (χ1) is 13.5. The number of amides is 4. The van der Waals surface area contributed by atoms with Crippen LogP contribution in [0.4, 0.5) is 20.6 Å². The fourth-order valence-electron chi connectivity index (χ4n) is 2.46. The molecular formula is C20H21FN4O3. The first kappa shape index (κ1) is 19.3. The summed E-state index contributed by atoms with van der Waals surface area (Å²) in [5, 5.41) is 10.7. The van der Waals surface area contributed by atoms with Gasteiger partial charge in [0.25, 0.3) is 5.91 Å². The molecule has 146 valence electrons. The summed E-state index contributed by atoms with van der Waals surface area (Å²) in [6.45, 7) is 0.476. The van der Waals surface area contributed by atoms with E-state index in [0.29, 0.717) is 16.9 Å². The normalized spacial score (nSPS) is 12.8. The summed E-state index contributed by atoms with van der Waals surface area (Å²) in [6.07, 6.45) is 1.87. The maximum Gasteiger partial charge on any atom is 0.319 e. The van der Waals surface area contributed by atoms with Crippen LogP contribution < -0.4 is 21.3 Å². The number of carbonyl (C=O) groups excluding carboxylic acids is 3. The van der Waals surface area contributed by atoms with Gasteiger partial charge in [-0.15, -0.1) is 0 Å². The number of nitrogens with one attached hydrogen (secondary N) is 4. The van der Waals surface area contributed by atoms with E-state index < -0.39 is 6.03 Å². The van der Waals surface area contributed by atoms with Gasteiger partial charge in [0.2, 0.25) is 5.91 Å². The lowest BCUT2D eigenvalue weighted by atomic mass is 10.2. The van der Waals surface area contributed by atoms with Gasteiger partial charge in [0.15, 0.2) is 0 Å². The molecule has 0 aromatic heterocycles. The minimum absolute atomic E-state index is 0.0159. The van der Waals surface area contributed by atoms with Crippen molar-refractivity contribution < 1.29 is 18.8 Å². The van der Waals surface area contributed by atoms with Crippen LogP contribution in [0.25, 0.3) is 0 Å². The van der Waals surface area contributed by atoms with Gasteiger partial charge in [-0.05, 0) is 61.4 Å². The van der Waals surface area contributed by atoms with Crippen molar-refractivity contribution in [2.24, 2.45) is 5.92 Å². The summed E-state index contributed by atoms with van der Waals surface area (Å²) in [6, 6.07) is 11.6. The molecule has 2 aromatic rings. The maximum atomic E-state index is 12.8. The number of urea groups is 1. The highest BCUT2D eigenvalue weighted by Crippen LogP contribution is 2.30. The Kier molecular flexibility index (Phi) is 6.21. The highest BCUT2D eigenvalue weighted by atomic mass is 19.1. The van der Waals surface area contributed by atoms with Crippen LogP contribution in [0, 0.1) is 11.7 Å². The Bertz CT molecular complexity index is 849. The number of anilines is 2. The Morgan fingerprint density at radius 1 is 0.821 bits per heavy atom. The van der Waals surface area contributed by atoms with E-state index >= 15 is 0 Å². The fourth-order valence-corrected chi connectivity index (χ4v) is 2.46. The molecule has 1 aliphatic rings. The standard InChI is InChI=1S/C20H21FN4O3/c21-15-5-9-17(10-6-15)25-20(28)23-12-11-22-18(26)13-3-7-16(8-4-13)24-19(27)14-1-2-14/h3-10,14H,1-2,11-12H2,(H,22,26)(H,24,27)(H2,23,25,28). The van der Waals surface area contributed by atoms with Gasteiger partial charge in [-0.3, -0.25) is 9.59 Å². The Morgan fingerprint density at radius 2 is 1.39 bits per heavy atom. The van der Waals surface area contributed by atoms with Crippen molar-refractivity contribution in [2.75, 3.05) is 23.7 Å². The molecule has 0 bridgehead atoms. The molecular weight excluding hydrogens is 363 g/mol.